The van der Waals surface area contributed by atoms with Gasteiger partial charge in [-0.15, -0.1) is 0 Å². The zero-order valence-electron chi connectivity index (χ0n) is 10.5. The van der Waals surface area contributed by atoms with Crippen LogP contribution >= 0.6 is 0 Å². The van der Waals surface area contributed by atoms with Gasteiger partial charge < -0.3 is 9.84 Å². The summed E-state index contributed by atoms with van der Waals surface area (Å²) < 4.78 is 5.39. The molecule has 0 aromatic carbocycles. The Morgan fingerprint density at radius 1 is 1.62 bits per heavy atom. The van der Waals surface area contributed by atoms with Crippen LogP contribution in [0.2, 0.25) is 0 Å². The third-order valence-corrected chi connectivity index (χ3v) is 3.43. The minimum atomic E-state index is -0.680. The topological polar surface area (TPSA) is 49.8 Å². The van der Waals surface area contributed by atoms with Gasteiger partial charge in [0, 0.05) is 19.2 Å². The van der Waals surface area contributed by atoms with Crippen molar-refractivity contribution in [2.45, 2.75) is 39.7 Å². The summed E-state index contributed by atoms with van der Waals surface area (Å²) in [5.74, 6) is -0.680. The summed E-state index contributed by atoms with van der Waals surface area (Å²) in [6.07, 6.45) is 1.74. The average molecular weight is 229 g/mol. The highest BCUT2D eigenvalue weighted by molar-refractivity contribution is 5.74. The van der Waals surface area contributed by atoms with Crippen LogP contribution in [0.1, 0.15) is 33.6 Å². The van der Waals surface area contributed by atoms with E-state index in [9.17, 15) is 9.90 Å². The zero-order valence-corrected chi connectivity index (χ0v) is 10.5. The van der Waals surface area contributed by atoms with Crippen LogP contribution in [0.3, 0.4) is 0 Å². The number of carbonyl (C=O) groups is 1. The molecule has 16 heavy (non-hydrogen) atoms. The Labute approximate surface area is 97.6 Å². The molecule has 1 heterocycles. The van der Waals surface area contributed by atoms with Crippen molar-refractivity contribution in [3.8, 4) is 0 Å². The van der Waals surface area contributed by atoms with Gasteiger partial charge in [-0.2, -0.15) is 0 Å². The van der Waals surface area contributed by atoms with Crippen LogP contribution in [-0.4, -0.2) is 48.3 Å². The SMILES string of the molecule is CCOCC(C)N1CCCC(C)(C(=O)O)C1. The highest BCUT2D eigenvalue weighted by atomic mass is 16.5. The molecule has 0 bridgehead atoms. The molecule has 1 aliphatic rings. The van der Waals surface area contributed by atoms with Crippen LogP contribution in [-0.2, 0) is 9.53 Å². The molecule has 1 rings (SSSR count). The minimum absolute atomic E-state index is 0.305. The van der Waals surface area contributed by atoms with Crippen LogP contribution in [0.4, 0.5) is 0 Å². The van der Waals surface area contributed by atoms with Crippen molar-refractivity contribution in [1.82, 2.24) is 4.90 Å². The fourth-order valence-electron chi connectivity index (χ4n) is 2.22. The minimum Gasteiger partial charge on any atom is -0.481 e. The molecule has 1 aliphatic heterocycles. The smallest absolute Gasteiger partial charge is 0.310 e. The molecule has 4 nitrogen and oxygen atoms in total. The normalized spacial score (nSPS) is 28.9. The fourth-order valence-corrected chi connectivity index (χ4v) is 2.22. The molecule has 2 unspecified atom stereocenters. The summed E-state index contributed by atoms with van der Waals surface area (Å²) in [6, 6.07) is 0.305. The van der Waals surface area contributed by atoms with Gasteiger partial charge in [0.15, 0.2) is 0 Å². The Balaban J connectivity index is 2.53. The monoisotopic (exact) mass is 229 g/mol. The summed E-state index contributed by atoms with van der Waals surface area (Å²) in [4.78, 5) is 13.4. The standard InChI is InChI=1S/C12H23NO3/c1-4-16-8-10(2)13-7-5-6-12(3,9-13)11(14)15/h10H,4-9H2,1-3H3,(H,14,15). The van der Waals surface area contributed by atoms with Gasteiger partial charge in [-0.3, -0.25) is 9.69 Å². The highest BCUT2D eigenvalue weighted by Gasteiger charge is 2.38. The molecule has 2 atom stereocenters. The van der Waals surface area contributed by atoms with E-state index in [1.54, 1.807) is 0 Å². The number of nitrogens with zero attached hydrogens (tertiary/aromatic N) is 1. The lowest BCUT2D eigenvalue weighted by Crippen LogP contribution is -2.50. The van der Waals surface area contributed by atoms with Gasteiger partial charge in [0.2, 0.25) is 0 Å². The zero-order chi connectivity index (χ0) is 12.2. The van der Waals surface area contributed by atoms with E-state index in [-0.39, 0.29) is 0 Å². The predicted octanol–water partition coefficient (Wildman–Crippen LogP) is 1.60. The number of aliphatic carboxylic acids is 1. The summed E-state index contributed by atoms with van der Waals surface area (Å²) >= 11 is 0. The Kier molecular flexibility index (Phi) is 4.74. The third-order valence-electron chi connectivity index (χ3n) is 3.43. The molecule has 1 fully saturated rings. The lowest BCUT2D eigenvalue weighted by molar-refractivity contribution is -0.152. The number of ether oxygens (including phenoxy) is 1. The van der Waals surface area contributed by atoms with Gasteiger partial charge in [0.25, 0.3) is 0 Å². The summed E-state index contributed by atoms with van der Waals surface area (Å²) in [6.45, 7) is 8.94. The molecule has 0 aliphatic carbocycles. The van der Waals surface area contributed by atoms with E-state index in [4.69, 9.17) is 4.74 Å². The van der Waals surface area contributed by atoms with Crippen molar-refractivity contribution in [2.75, 3.05) is 26.3 Å². The molecular weight excluding hydrogens is 206 g/mol. The molecule has 94 valence electrons. The molecule has 0 aromatic heterocycles. The maximum atomic E-state index is 11.2. The Hall–Kier alpha value is -0.610. The van der Waals surface area contributed by atoms with E-state index in [0.29, 0.717) is 25.8 Å². The first-order valence-electron chi connectivity index (χ1n) is 6.05. The number of piperidine rings is 1. The molecular formula is C12H23NO3. The van der Waals surface area contributed by atoms with E-state index in [0.717, 1.165) is 19.4 Å². The quantitative estimate of drug-likeness (QED) is 0.778. The maximum absolute atomic E-state index is 11.2. The van der Waals surface area contributed by atoms with Crippen molar-refractivity contribution in [1.29, 1.82) is 0 Å². The van der Waals surface area contributed by atoms with Crippen molar-refractivity contribution in [3.05, 3.63) is 0 Å². The largest absolute Gasteiger partial charge is 0.481 e. The first-order chi connectivity index (χ1) is 7.49. The van der Waals surface area contributed by atoms with Crippen LogP contribution in [0, 0.1) is 5.41 Å². The number of carboxylic acids is 1. The molecule has 0 spiro atoms. The van der Waals surface area contributed by atoms with E-state index in [1.807, 2.05) is 13.8 Å². The van der Waals surface area contributed by atoms with Gasteiger partial charge in [0.05, 0.1) is 12.0 Å². The van der Waals surface area contributed by atoms with Gasteiger partial charge in [0.1, 0.15) is 0 Å². The number of likely N-dealkylation sites (tertiary alicyclic amines) is 1. The number of rotatable bonds is 5. The Morgan fingerprint density at radius 2 is 2.31 bits per heavy atom. The van der Waals surface area contributed by atoms with Crippen molar-refractivity contribution in [3.63, 3.8) is 0 Å². The van der Waals surface area contributed by atoms with Gasteiger partial charge in [-0.05, 0) is 40.2 Å². The van der Waals surface area contributed by atoms with Crippen LogP contribution in [0.25, 0.3) is 0 Å². The summed E-state index contributed by atoms with van der Waals surface area (Å²) in [7, 11) is 0. The Morgan fingerprint density at radius 3 is 2.88 bits per heavy atom. The van der Waals surface area contributed by atoms with Crippen LogP contribution < -0.4 is 0 Å². The summed E-state index contributed by atoms with van der Waals surface area (Å²) in [5, 5.41) is 9.22. The van der Waals surface area contributed by atoms with Gasteiger partial charge in [-0.25, -0.2) is 0 Å². The van der Waals surface area contributed by atoms with Crippen molar-refractivity contribution in [2.24, 2.45) is 5.41 Å². The lowest BCUT2D eigenvalue weighted by Gasteiger charge is -2.40. The third kappa shape index (κ3) is 3.19. The van der Waals surface area contributed by atoms with Gasteiger partial charge in [-0.1, -0.05) is 0 Å². The number of carboxylic acid groups (broad SMARTS) is 1. The maximum Gasteiger partial charge on any atom is 0.310 e. The molecule has 1 N–H and O–H groups in total. The Bertz CT molecular complexity index is 244. The molecule has 1 saturated heterocycles. The van der Waals surface area contributed by atoms with E-state index < -0.39 is 11.4 Å². The second kappa shape index (κ2) is 5.64. The first-order valence-corrected chi connectivity index (χ1v) is 6.05. The lowest BCUT2D eigenvalue weighted by atomic mass is 9.81. The predicted molar refractivity (Wildman–Crippen MR) is 62.5 cm³/mol. The van der Waals surface area contributed by atoms with Crippen molar-refractivity contribution < 1.29 is 14.6 Å². The molecule has 0 radical (unpaired) electrons. The van der Waals surface area contributed by atoms with E-state index in [1.165, 1.54) is 0 Å². The second-order valence-corrected chi connectivity index (χ2v) is 4.95. The molecule has 0 saturated carbocycles. The first kappa shape index (κ1) is 13.5. The van der Waals surface area contributed by atoms with E-state index in [2.05, 4.69) is 11.8 Å². The molecule has 0 aromatic rings. The molecule has 0 amide bonds. The molecule has 4 heteroatoms. The fraction of sp³-hybridized carbons (Fsp3) is 0.917. The number of hydrogen-bond donors (Lipinski definition) is 1. The summed E-state index contributed by atoms with van der Waals surface area (Å²) in [5.41, 5.74) is -0.585. The van der Waals surface area contributed by atoms with Crippen LogP contribution in [0.15, 0.2) is 0 Å². The van der Waals surface area contributed by atoms with Crippen molar-refractivity contribution >= 4 is 5.97 Å². The van der Waals surface area contributed by atoms with Crippen LogP contribution in [0.5, 0.6) is 0 Å². The highest BCUT2D eigenvalue weighted by Crippen LogP contribution is 2.30. The average Bonchev–Trinajstić information content (AvgIpc) is 2.25. The van der Waals surface area contributed by atoms with Gasteiger partial charge >= 0.3 is 5.97 Å². The van der Waals surface area contributed by atoms with E-state index >= 15 is 0 Å². The number of hydrogen-bond acceptors (Lipinski definition) is 3. The second-order valence-electron chi connectivity index (χ2n) is 4.95.